The van der Waals surface area contributed by atoms with Gasteiger partial charge in [-0.05, 0) is 69.2 Å². The van der Waals surface area contributed by atoms with Gasteiger partial charge in [0.1, 0.15) is 12.1 Å². The van der Waals surface area contributed by atoms with Gasteiger partial charge in [0.25, 0.3) is 5.56 Å². The van der Waals surface area contributed by atoms with Gasteiger partial charge in [-0.25, -0.2) is 9.36 Å². The van der Waals surface area contributed by atoms with Crippen molar-refractivity contribution in [1.82, 2.24) is 13.7 Å². The SMILES string of the molecule is Cc1ccc(-n2c(=O)c3c(c4cc(C)ccc4n3C)n(CC(=O)Nc3cc(C)ccc3C)c2=O)cc1. The molecule has 182 valence electrons. The molecule has 1 N–H and O–H groups in total. The Morgan fingerprint density at radius 2 is 1.44 bits per heavy atom. The quantitative estimate of drug-likeness (QED) is 0.411. The van der Waals surface area contributed by atoms with Crippen LogP contribution in [0.1, 0.15) is 22.3 Å². The molecule has 2 heterocycles. The molecule has 5 rings (SSSR count). The fourth-order valence-electron chi connectivity index (χ4n) is 4.74. The van der Waals surface area contributed by atoms with Crippen LogP contribution in [-0.4, -0.2) is 19.6 Å². The van der Waals surface area contributed by atoms with Crippen LogP contribution in [0.15, 0.2) is 70.3 Å². The molecule has 0 saturated heterocycles. The summed E-state index contributed by atoms with van der Waals surface area (Å²) >= 11 is 0. The maximum atomic E-state index is 13.9. The predicted octanol–water partition coefficient (Wildman–Crippen LogP) is 4.52. The van der Waals surface area contributed by atoms with E-state index >= 15 is 0 Å². The molecule has 0 saturated carbocycles. The van der Waals surface area contributed by atoms with Gasteiger partial charge in [-0.3, -0.25) is 14.2 Å². The standard InChI is InChI=1S/C29H28N4O3/c1-17-7-11-21(12-8-17)33-28(35)27-26(22-14-18(2)9-13-24(22)31(27)5)32(29(33)36)16-25(34)30-23-15-19(3)6-10-20(23)4/h6-15H,16H2,1-5H3,(H,30,34). The number of carbonyl (C=O) groups is 1. The first-order valence-corrected chi connectivity index (χ1v) is 11.8. The van der Waals surface area contributed by atoms with Crippen LogP contribution in [0.25, 0.3) is 27.6 Å². The molecular weight excluding hydrogens is 452 g/mol. The lowest BCUT2D eigenvalue weighted by molar-refractivity contribution is -0.116. The van der Waals surface area contributed by atoms with Crippen LogP contribution in [0.5, 0.6) is 0 Å². The van der Waals surface area contributed by atoms with E-state index in [4.69, 9.17) is 0 Å². The van der Waals surface area contributed by atoms with Crippen molar-refractivity contribution in [1.29, 1.82) is 0 Å². The zero-order valence-corrected chi connectivity index (χ0v) is 21.0. The third-order valence-corrected chi connectivity index (χ3v) is 6.69. The largest absolute Gasteiger partial charge is 0.338 e. The van der Waals surface area contributed by atoms with Crippen LogP contribution < -0.4 is 16.6 Å². The first kappa shape index (κ1) is 23.4. The Kier molecular flexibility index (Phi) is 5.63. The lowest BCUT2D eigenvalue weighted by Gasteiger charge is -2.14. The Bertz CT molecular complexity index is 1790. The van der Waals surface area contributed by atoms with Gasteiger partial charge in [-0.15, -0.1) is 0 Å². The highest BCUT2D eigenvalue weighted by Gasteiger charge is 2.22. The third-order valence-electron chi connectivity index (χ3n) is 6.69. The summed E-state index contributed by atoms with van der Waals surface area (Å²) < 4.78 is 4.37. The topological polar surface area (TPSA) is 78.0 Å². The van der Waals surface area contributed by atoms with Crippen LogP contribution in [0, 0.1) is 27.7 Å². The van der Waals surface area contributed by atoms with Gasteiger partial charge < -0.3 is 9.88 Å². The highest BCUT2D eigenvalue weighted by atomic mass is 16.2. The van der Waals surface area contributed by atoms with Gasteiger partial charge in [0, 0.05) is 18.1 Å². The lowest BCUT2D eigenvalue weighted by Crippen LogP contribution is -2.41. The van der Waals surface area contributed by atoms with Crippen LogP contribution in [-0.2, 0) is 18.4 Å². The van der Waals surface area contributed by atoms with Gasteiger partial charge in [0.2, 0.25) is 5.91 Å². The molecule has 2 aromatic heterocycles. The minimum Gasteiger partial charge on any atom is -0.338 e. The van der Waals surface area contributed by atoms with Gasteiger partial charge >= 0.3 is 5.69 Å². The van der Waals surface area contributed by atoms with Crippen molar-refractivity contribution in [2.24, 2.45) is 7.05 Å². The van der Waals surface area contributed by atoms with Gasteiger partial charge in [0.15, 0.2) is 0 Å². The fraction of sp³-hybridized carbons (Fsp3) is 0.207. The Hall–Kier alpha value is -4.39. The maximum absolute atomic E-state index is 13.9. The van der Waals surface area contributed by atoms with Crippen molar-refractivity contribution in [3.05, 3.63) is 104 Å². The number of amides is 1. The van der Waals surface area contributed by atoms with Gasteiger partial charge in [0.05, 0.1) is 16.7 Å². The minimum absolute atomic E-state index is 0.234. The number of aromatic nitrogens is 3. The summed E-state index contributed by atoms with van der Waals surface area (Å²) in [6.45, 7) is 7.55. The van der Waals surface area contributed by atoms with E-state index in [1.54, 1.807) is 16.7 Å². The molecule has 7 nitrogen and oxygen atoms in total. The molecule has 0 unspecified atom stereocenters. The van der Waals surface area contributed by atoms with Crippen molar-refractivity contribution in [3.63, 3.8) is 0 Å². The lowest BCUT2D eigenvalue weighted by atomic mass is 10.1. The molecule has 0 bridgehead atoms. The molecule has 36 heavy (non-hydrogen) atoms. The predicted molar refractivity (Wildman–Crippen MR) is 144 cm³/mol. The van der Waals surface area contributed by atoms with Gasteiger partial charge in [-0.2, -0.15) is 0 Å². The van der Waals surface area contributed by atoms with E-state index in [2.05, 4.69) is 5.32 Å². The van der Waals surface area contributed by atoms with Crippen LogP contribution in [0.4, 0.5) is 5.69 Å². The van der Waals surface area contributed by atoms with E-state index in [0.717, 1.165) is 37.7 Å². The molecule has 0 aliphatic carbocycles. The number of hydrogen-bond donors (Lipinski definition) is 1. The monoisotopic (exact) mass is 480 g/mol. The molecule has 7 heteroatoms. The number of anilines is 1. The number of nitrogens with one attached hydrogen (secondary N) is 1. The molecule has 3 aromatic carbocycles. The Morgan fingerprint density at radius 3 is 2.17 bits per heavy atom. The molecule has 5 aromatic rings. The zero-order valence-electron chi connectivity index (χ0n) is 21.0. The van der Waals surface area contributed by atoms with Crippen molar-refractivity contribution >= 4 is 33.5 Å². The van der Waals surface area contributed by atoms with Crippen molar-refractivity contribution < 1.29 is 4.79 Å². The first-order valence-electron chi connectivity index (χ1n) is 11.8. The maximum Gasteiger partial charge on any atom is 0.336 e. The summed E-state index contributed by atoms with van der Waals surface area (Å²) in [5, 5.41) is 3.71. The van der Waals surface area contributed by atoms with Crippen molar-refractivity contribution in [2.75, 3.05) is 5.32 Å². The first-order chi connectivity index (χ1) is 17.2. The summed E-state index contributed by atoms with van der Waals surface area (Å²) in [7, 11) is 1.81. The highest BCUT2D eigenvalue weighted by Crippen LogP contribution is 2.27. The number of nitrogens with zero attached hydrogens (tertiary/aromatic N) is 3. The van der Waals surface area contributed by atoms with Crippen LogP contribution in [0.2, 0.25) is 0 Å². The summed E-state index contributed by atoms with van der Waals surface area (Å²) in [6, 6.07) is 18.9. The van der Waals surface area contributed by atoms with E-state index in [1.165, 1.54) is 4.57 Å². The molecule has 0 radical (unpaired) electrons. The van der Waals surface area contributed by atoms with Gasteiger partial charge in [-0.1, -0.05) is 41.5 Å². The molecule has 0 aliphatic rings. The Labute approximate surface area is 208 Å². The summed E-state index contributed by atoms with van der Waals surface area (Å²) in [4.78, 5) is 40.9. The molecular formula is C29H28N4O3. The number of rotatable bonds is 4. The van der Waals surface area contributed by atoms with E-state index in [1.807, 2.05) is 83.3 Å². The minimum atomic E-state index is -0.554. The molecule has 1 amide bonds. The average Bonchev–Trinajstić information content (AvgIpc) is 3.12. The summed E-state index contributed by atoms with van der Waals surface area (Å²) in [5.74, 6) is -0.342. The number of carbonyl (C=O) groups excluding carboxylic acids is 1. The average molecular weight is 481 g/mol. The second kappa shape index (κ2) is 8.68. The zero-order chi connectivity index (χ0) is 25.7. The number of benzene rings is 3. The Balaban J connectivity index is 1.77. The summed E-state index contributed by atoms with van der Waals surface area (Å²) in [6.07, 6.45) is 0. The molecule has 0 aliphatic heterocycles. The van der Waals surface area contributed by atoms with E-state index in [0.29, 0.717) is 22.4 Å². The van der Waals surface area contributed by atoms with E-state index in [9.17, 15) is 14.4 Å². The molecule has 0 atom stereocenters. The van der Waals surface area contributed by atoms with Crippen molar-refractivity contribution in [3.8, 4) is 5.69 Å². The number of hydrogen-bond acceptors (Lipinski definition) is 3. The third kappa shape index (κ3) is 3.82. The Morgan fingerprint density at radius 1 is 0.806 bits per heavy atom. The normalized spacial score (nSPS) is 11.4. The van der Waals surface area contributed by atoms with E-state index in [-0.39, 0.29) is 12.5 Å². The molecule has 0 fully saturated rings. The summed E-state index contributed by atoms with van der Waals surface area (Å²) in [5.41, 5.74) is 5.80. The second-order valence-electron chi connectivity index (χ2n) is 9.49. The second-order valence-corrected chi connectivity index (χ2v) is 9.49. The van der Waals surface area contributed by atoms with E-state index < -0.39 is 11.2 Å². The van der Waals surface area contributed by atoms with Crippen molar-refractivity contribution in [2.45, 2.75) is 34.2 Å². The highest BCUT2D eigenvalue weighted by molar-refractivity contribution is 6.06. The van der Waals surface area contributed by atoms with Crippen LogP contribution in [0.3, 0.4) is 0 Å². The smallest absolute Gasteiger partial charge is 0.336 e. The van der Waals surface area contributed by atoms with Crippen LogP contribution >= 0.6 is 0 Å². The molecule has 0 spiro atoms. The fourth-order valence-corrected chi connectivity index (χ4v) is 4.74. The number of fused-ring (bicyclic) bond motifs is 3. The number of aryl methyl sites for hydroxylation is 5.